The highest BCUT2D eigenvalue weighted by atomic mass is 19.1. The fraction of sp³-hybridized carbons (Fsp3) is 0.462. The molecule has 4 N–H and O–H groups in total. The van der Waals surface area contributed by atoms with Crippen LogP contribution in [0.3, 0.4) is 0 Å². The number of carbonyl (C=O) groups excluding carboxylic acids is 1. The smallest absolute Gasteiger partial charge is 0.234 e. The average Bonchev–Trinajstić information content (AvgIpc) is 2.50. The second kappa shape index (κ2) is 12.8. The third kappa shape index (κ3) is 8.12. The molecular weight excluding hydrogens is 251 g/mol. The number of rotatable bonds is 4. The van der Waals surface area contributed by atoms with Gasteiger partial charge in [0.1, 0.15) is 11.6 Å². The van der Waals surface area contributed by atoms with Gasteiger partial charge >= 0.3 is 0 Å². The van der Waals surface area contributed by atoms with Crippen molar-refractivity contribution in [1.29, 1.82) is 0 Å². The van der Waals surface area contributed by atoms with Crippen molar-refractivity contribution in [2.75, 3.05) is 20.8 Å². The van der Waals surface area contributed by atoms with Crippen molar-refractivity contribution >= 4 is 5.91 Å². The maximum atomic E-state index is 13.2. The van der Waals surface area contributed by atoms with E-state index in [1.54, 1.807) is 0 Å². The summed E-state index contributed by atoms with van der Waals surface area (Å²) in [4.78, 5) is 10.9. The first-order valence-electron chi connectivity index (χ1n) is 5.91. The number of amides is 1. The van der Waals surface area contributed by atoms with Gasteiger partial charge in [0, 0.05) is 19.2 Å². The lowest BCUT2D eigenvalue weighted by atomic mass is 10.2. The normalized spacial score (nSPS) is 8.37. The molecular formula is C13H23FN2O3. The Morgan fingerprint density at radius 3 is 2.47 bits per heavy atom. The van der Waals surface area contributed by atoms with E-state index in [0.29, 0.717) is 11.3 Å². The molecule has 1 amide bonds. The lowest BCUT2D eigenvalue weighted by molar-refractivity contribution is -0.119. The van der Waals surface area contributed by atoms with Crippen LogP contribution in [0.2, 0.25) is 0 Å². The Morgan fingerprint density at radius 2 is 2.00 bits per heavy atom. The van der Waals surface area contributed by atoms with Crippen molar-refractivity contribution < 1.29 is 19.0 Å². The van der Waals surface area contributed by atoms with Gasteiger partial charge in [0.05, 0.1) is 13.7 Å². The molecule has 110 valence electrons. The number of benzene rings is 1. The Hall–Kier alpha value is -1.66. The largest absolute Gasteiger partial charge is 0.497 e. The first kappa shape index (κ1) is 19.7. The molecule has 1 aromatic rings. The van der Waals surface area contributed by atoms with E-state index in [4.69, 9.17) is 15.6 Å². The van der Waals surface area contributed by atoms with Crippen LogP contribution in [0.25, 0.3) is 0 Å². The molecule has 0 aliphatic heterocycles. The van der Waals surface area contributed by atoms with E-state index in [2.05, 4.69) is 5.32 Å². The van der Waals surface area contributed by atoms with E-state index in [1.807, 2.05) is 13.8 Å². The SMILES string of the molecule is CC.CO.COc1ccc(F)c(CNC(=O)CN)c1. The zero-order chi connectivity index (χ0) is 15.3. The molecule has 0 unspecified atom stereocenters. The number of nitrogens with one attached hydrogen (secondary N) is 1. The monoisotopic (exact) mass is 274 g/mol. The van der Waals surface area contributed by atoms with Gasteiger partial charge in [0.2, 0.25) is 5.91 Å². The molecule has 0 aliphatic rings. The van der Waals surface area contributed by atoms with Crippen molar-refractivity contribution in [1.82, 2.24) is 5.32 Å². The predicted molar refractivity (Wildman–Crippen MR) is 73.3 cm³/mol. The minimum absolute atomic E-state index is 0.106. The lowest BCUT2D eigenvalue weighted by Gasteiger charge is -2.07. The Kier molecular flexibility index (Phi) is 13.2. The second-order valence-corrected chi connectivity index (χ2v) is 2.94. The minimum Gasteiger partial charge on any atom is -0.497 e. The van der Waals surface area contributed by atoms with Gasteiger partial charge in [-0.1, -0.05) is 13.8 Å². The Balaban J connectivity index is 0. The van der Waals surface area contributed by atoms with Gasteiger partial charge in [-0.3, -0.25) is 4.79 Å². The van der Waals surface area contributed by atoms with Crippen molar-refractivity contribution in [3.05, 3.63) is 29.6 Å². The van der Waals surface area contributed by atoms with Crippen LogP contribution >= 0.6 is 0 Å². The van der Waals surface area contributed by atoms with E-state index < -0.39 is 0 Å². The van der Waals surface area contributed by atoms with Gasteiger partial charge < -0.3 is 20.9 Å². The lowest BCUT2D eigenvalue weighted by Crippen LogP contribution is -2.29. The number of aliphatic hydroxyl groups is 1. The summed E-state index contributed by atoms with van der Waals surface area (Å²) in [6.45, 7) is 4.00. The molecule has 0 bridgehead atoms. The molecule has 0 atom stereocenters. The van der Waals surface area contributed by atoms with Gasteiger partial charge in [-0.15, -0.1) is 0 Å². The Morgan fingerprint density at radius 1 is 1.42 bits per heavy atom. The van der Waals surface area contributed by atoms with Gasteiger partial charge in [0.15, 0.2) is 0 Å². The molecule has 0 heterocycles. The van der Waals surface area contributed by atoms with E-state index >= 15 is 0 Å². The number of aliphatic hydroxyl groups excluding tert-OH is 1. The summed E-state index contributed by atoms with van der Waals surface area (Å²) in [6, 6.07) is 4.35. The number of halogens is 1. The van der Waals surface area contributed by atoms with Crippen LogP contribution in [-0.4, -0.2) is 31.8 Å². The van der Waals surface area contributed by atoms with Crippen molar-refractivity contribution in [3.63, 3.8) is 0 Å². The summed E-state index contributed by atoms with van der Waals surface area (Å²) in [7, 11) is 2.50. The zero-order valence-corrected chi connectivity index (χ0v) is 11.9. The van der Waals surface area contributed by atoms with Gasteiger partial charge in [-0.05, 0) is 18.2 Å². The summed E-state index contributed by atoms with van der Waals surface area (Å²) in [5.41, 5.74) is 5.47. The van der Waals surface area contributed by atoms with E-state index in [0.717, 1.165) is 7.11 Å². The summed E-state index contributed by atoms with van der Waals surface area (Å²) in [5, 5.41) is 9.48. The number of methoxy groups -OCH3 is 1. The third-order valence-corrected chi connectivity index (χ3v) is 1.91. The molecule has 0 saturated heterocycles. The highest BCUT2D eigenvalue weighted by Crippen LogP contribution is 2.16. The minimum atomic E-state index is -0.381. The number of hydrogen-bond donors (Lipinski definition) is 3. The summed E-state index contributed by atoms with van der Waals surface area (Å²) in [6.07, 6.45) is 0. The number of nitrogens with two attached hydrogens (primary N) is 1. The first-order valence-corrected chi connectivity index (χ1v) is 5.91. The molecule has 19 heavy (non-hydrogen) atoms. The molecule has 0 saturated carbocycles. The summed E-state index contributed by atoms with van der Waals surface area (Å²) < 4.78 is 18.2. The van der Waals surface area contributed by atoms with Crippen LogP contribution in [0.1, 0.15) is 19.4 Å². The fourth-order valence-electron chi connectivity index (χ4n) is 1.08. The standard InChI is InChI=1S/C10H13FN2O2.C2H6.CH4O/c1-15-8-2-3-9(11)7(4-8)6-13-10(14)5-12;2*1-2/h2-4H,5-6,12H2,1H3,(H,13,14);1-2H3;2H,1H3. The van der Waals surface area contributed by atoms with Crippen LogP contribution in [0, 0.1) is 5.82 Å². The molecule has 0 fully saturated rings. The molecule has 1 aromatic carbocycles. The molecule has 0 radical (unpaired) electrons. The zero-order valence-electron chi connectivity index (χ0n) is 11.9. The number of ether oxygens (including phenoxy) is 1. The quantitative estimate of drug-likeness (QED) is 0.766. The Bertz CT molecular complexity index is 360. The third-order valence-electron chi connectivity index (χ3n) is 1.91. The first-order chi connectivity index (χ1) is 9.17. The molecule has 6 heteroatoms. The predicted octanol–water partition coefficient (Wildman–Crippen LogP) is 1.04. The van der Waals surface area contributed by atoms with Crippen LogP contribution in [-0.2, 0) is 11.3 Å². The molecule has 0 aromatic heterocycles. The topological polar surface area (TPSA) is 84.6 Å². The second-order valence-electron chi connectivity index (χ2n) is 2.94. The highest BCUT2D eigenvalue weighted by molar-refractivity contribution is 5.77. The van der Waals surface area contributed by atoms with Gasteiger partial charge in [-0.2, -0.15) is 0 Å². The van der Waals surface area contributed by atoms with Crippen molar-refractivity contribution in [2.24, 2.45) is 5.73 Å². The van der Waals surface area contributed by atoms with Gasteiger partial charge in [0.25, 0.3) is 0 Å². The average molecular weight is 274 g/mol. The van der Waals surface area contributed by atoms with Crippen molar-refractivity contribution in [3.8, 4) is 5.75 Å². The van der Waals surface area contributed by atoms with Crippen LogP contribution in [0.5, 0.6) is 5.75 Å². The maximum Gasteiger partial charge on any atom is 0.234 e. The maximum absolute atomic E-state index is 13.2. The van der Waals surface area contributed by atoms with Gasteiger partial charge in [-0.25, -0.2) is 4.39 Å². The molecule has 1 rings (SSSR count). The summed E-state index contributed by atoms with van der Waals surface area (Å²) in [5.74, 6) is -0.154. The highest BCUT2D eigenvalue weighted by Gasteiger charge is 2.05. The van der Waals surface area contributed by atoms with Crippen LogP contribution < -0.4 is 15.8 Å². The van der Waals surface area contributed by atoms with Crippen molar-refractivity contribution in [2.45, 2.75) is 20.4 Å². The molecule has 0 aliphatic carbocycles. The molecule has 0 spiro atoms. The van der Waals surface area contributed by atoms with E-state index in [-0.39, 0.29) is 24.8 Å². The number of carbonyl (C=O) groups is 1. The Labute approximate surface area is 113 Å². The molecule has 5 nitrogen and oxygen atoms in total. The van der Waals surface area contributed by atoms with Crippen LogP contribution in [0.15, 0.2) is 18.2 Å². The summed E-state index contributed by atoms with van der Waals surface area (Å²) >= 11 is 0. The van der Waals surface area contributed by atoms with E-state index in [9.17, 15) is 9.18 Å². The van der Waals surface area contributed by atoms with E-state index in [1.165, 1.54) is 25.3 Å². The number of hydrogen-bond acceptors (Lipinski definition) is 4. The van der Waals surface area contributed by atoms with Crippen LogP contribution in [0.4, 0.5) is 4.39 Å². The fourth-order valence-corrected chi connectivity index (χ4v) is 1.08.